The third kappa shape index (κ3) is 3.17. The van der Waals surface area contributed by atoms with E-state index in [1.54, 1.807) is 0 Å². The Bertz CT molecular complexity index is 484. The Morgan fingerprint density at radius 2 is 2.06 bits per heavy atom. The van der Waals surface area contributed by atoms with Gasteiger partial charge in [-0.25, -0.2) is 4.98 Å². The molecule has 0 aliphatic heterocycles. The first-order valence-electron chi connectivity index (χ1n) is 6.07. The SMILES string of the molecule is CCC(O)CCNc1ccc2ccccc2n1. The second-order valence-electron chi connectivity index (χ2n) is 4.17. The van der Waals surface area contributed by atoms with Crippen molar-refractivity contribution >= 4 is 16.7 Å². The largest absolute Gasteiger partial charge is 0.393 e. The average molecular weight is 230 g/mol. The summed E-state index contributed by atoms with van der Waals surface area (Å²) in [6.07, 6.45) is 1.33. The van der Waals surface area contributed by atoms with Crippen LogP contribution < -0.4 is 5.32 Å². The van der Waals surface area contributed by atoms with E-state index >= 15 is 0 Å². The maximum absolute atomic E-state index is 9.45. The fourth-order valence-corrected chi connectivity index (χ4v) is 1.74. The summed E-state index contributed by atoms with van der Waals surface area (Å²) in [4.78, 5) is 4.51. The summed E-state index contributed by atoms with van der Waals surface area (Å²) in [6, 6.07) is 12.1. The molecule has 0 amide bonds. The van der Waals surface area contributed by atoms with Crippen LogP contribution in [-0.4, -0.2) is 22.7 Å². The maximum atomic E-state index is 9.45. The van der Waals surface area contributed by atoms with Gasteiger partial charge in [0, 0.05) is 11.9 Å². The van der Waals surface area contributed by atoms with E-state index in [0.29, 0.717) is 0 Å². The summed E-state index contributed by atoms with van der Waals surface area (Å²) in [5, 5.41) is 13.8. The lowest BCUT2D eigenvalue weighted by atomic mass is 10.2. The van der Waals surface area contributed by atoms with Crippen molar-refractivity contribution in [2.45, 2.75) is 25.9 Å². The molecule has 2 rings (SSSR count). The van der Waals surface area contributed by atoms with E-state index in [0.717, 1.165) is 36.1 Å². The number of aliphatic hydroxyl groups excluding tert-OH is 1. The molecule has 3 nitrogen and oxygen atoms in total. The summed E-state index contributed by atoms with van der Waals surface area (Å²) >= 11 is 0. The predicted octanol–water partition coefficient (Wildman–Crippen LogP) is 2.81. The minimum absolute atomic E-state index is 0.219. The van der Waals surface area contributed by atoms with Gasteiger partial charge in [-0.05, 0) is 31.0 Å². The molecule has 1 aromatic heterocycles. The van der Waals surface area contributed by atoms with Crippen LogP contribution in [0.2, 0.25) is 0 Å². The minimum Gasteiger partial charge on any atom is -0.393 e. The zero-order valence-electron chi connectivity index (χ0n) is 10.1. The summed E-state index contributed by atoms with van der Waals surface area (Å²) in [7, 11) is 0. The number of pyridine rings is 1. The third-order valence-corrected chi connectivity index (χ3v) is 2.85. The molecule has 3 heteroatoms. The lowest BCUT2D eigenvalue weighted by molar-refractivity contribution is 0.164. The van der Waals surface area contributed by atoms with Gasteiger partial charge in [-0.15, -0.1) is 0 Å². The number of hydrogen-bond donors (Lipinski definition) is 2. The number of para-hydroxylation sites is 1. The van der Waals surface area contributed by atoms with Crippen molar-refractivity contribution in [3.8, 4) is 0 Å². The van der Waals surface area contributed by atoms with Gasteiger partial charge >= 0.3 is 0 Å². The van der Waals surface area contributed by atoms with Gasteiger partial charge in [0.15, 0.2) is 0 Å². The van der Waals surface area contributed by atoms with Gasteiger partial charge in [0.25, 0.3) is 0 Å². The first kappa shape index (κ1) is 11.9. The van der Waals surface area contributed by atoms with Crippen molar-refractivity contribution in [2.24, 2.45) is 0 Å². The lowest BCUT2D eigenvalue weighted by Gasteiger charge is -2.09. The summed E-state index contributed by atoms with van der Waals surface area (Å²) in [5.41, 5.74) is 0.994. The van der Waals surface area contributed by atoms with E-state index in [1.807, 2.05) is 37.3 Å². The molecule has 0 radical (unpaired) electrons. The zero-order chi connectivity index (χ0) is 12.1. The topological polar surface area (TPSA) is 45.1 Å². The molecule has 1 aromatic carbocycles. The Balaban J connectivity index is 1.99. The molecule has 1 heterocycles. The normalized spacial score (nSPS) is 12.6. The van der Waals surface area contributed by atoms with Crippen molar-refractivity contribution in [1.29, 1.82) is 0 Å². The summed E-state index contributed by atoms with van der Waals surface area (Å²) in [5.74, 6) is 0.868. The van der Waals surface area contributed by atoms with Crippen molar-refractivity contribution in [3.05, 3.63) is 36.4 Å². The van der Waals surface area contributed by atoms with Crippen LogP contribution in [0.25, 0.3) is 10.9 Å². The van der Waals surface area contributed by atoms with Gasteiger partial charge < -0.3 is 10.4 Å². The van der Waals surface area contributed by atoms with E-state index in [4.69, 9.17) is 0 Å². The standard InChI is InChI=1S/C14H18N2O/c1-2-12(17)9-10-15-14-8-7-11-5-3-4-6-13(11)16-14/h3-8,12,17H,2,9-10H2,1H3,(H,15,16). The molecule has 0 aliphatic rings. The third-order valence-electron chi connectivity index (χ3n) is 2.85. The second kappa shape index (κ2) is 5.64. The highest BCUT2D eigenvalue weighted by atomic mass is 16.3. The first-order chi connectivity index (χ1) is 8.29. The van der Waals surface area contributed by atoms with Crippen molar-refractivity contribution in [1.82, 2.24) is 4.98 Å². The van der Waals surface area contributed by atoms with Crippen molar-refractivity contribution in [2.75, 3.05) is 11.9 Å². The maximum Gasteiger partial charge on any atom is 0.126 e. The highest BCUT2D eigenvalue weighted by Gasteiger charge is 2.01. The molecule has 0 saturated heterocycles. The zero-order valence-corrected chi connectivity index (χ0v) is 10.1. The van der Waals surface area contributed by atoms with Crippen molar-refractivity contribution in [3.63, 3.8) is 0 Å². The molecule has 2 N–H and O–H groups in total. The molecular weight excluding hydrogens is 212 g/mol. The summed E-state index contributed by atoms with van der Waals surface area (Å²) in [6.45, 7) is 2.74. The number of fused-ring (bicyclic) bond motifs is 1. The molecule has 17 heavy (non-hydrogen) atoms. The molecule has 0 spiro atoms. The second-order valence-corrected chi connectivity index (χ2v) is 4.17. The molecule has 0 saturated carbocycles. The summed E-state index contributed by atoms with van der Waals surface area (Å²) < 4.78 is 0. The molecule has 1 atom stereocenters. The first-order valence-corrected chi connectivity index (χ1v) is 6.07. The van der Waals surface area contributed by atoms with Gasteiger partial charge in [0.2, 0.25) is 0 Å². The fourth-order valence-electron chi connectivity index (χ4n) is 1.74. The monoisotopic (exact) mass is 230 g/mol. The Morgan fingerprint density at radius 1 is 1.24 bits per heavy atom. The van der Waals surface area contributed by atoms with Gasteiger partial charge in [-0.3, -0.25) is 0 Å². The molecule has 1 unspecified atom stereocenters. The van der Waals surface area contributed by atoms with E-state index in [-0.39, 0.29) is 6.10 Å². The van der Waals surface area contributed by atoms with E-state index < -0.39 is 0 Å². The smallest absolute Gasteiger partial charge is 0.126 e. The number of benzene rings is 1. The predicted molar refractivity (Wildman–Crippen MR) is 71.1 cm³/mol. The van der Waals surface area contributed by atoms with Crippen LogP contribution in [0.3, 0.4) is 0 Å². The Hall–Kier alpha value is -1.61. The molecule has 0 fully saturated rings. The highest BCUT2D eigenvalue weighted by Crippen LogP contribution is 2.14. The molecule has 0 aliphatic carbocycles. The van der Waals surface area contributed by atoms with Crippen LogP contribution in [0.5, 0.6) is 0 Å². The average Bonchev–Trinajstić information content (AvgIpc) is 2.38. The number of hydrogen-bond acceptors (Lipinski definition) is 3. The molecule has 90 valence electrons. The van der Waals surface area contributed by atoms with Crippen LogP contribution in [0.15, 0.2) is 36.4 Å². The number of aliphatic hydroxyl groups is 1. The van der Waals surface area contributed by atoms with Gasteiger partial charge in [0.05, 0.1) is 11.6 Å². The van der Waals surface area contributed by atoms with E-state index in [1.165, 1.54) is 0 Å². The number of aromatic nitrogens is 1. The Labute approximate surface area is 102 Å². The Kier molecular flexibility index (Phi) is 3.94. The fraction of sp³-hybridized carbons (Fsp3) is 0.357. The van der Waals surface area contributed by atoms with Crippen LogP contribution in [0.1, 0.15) is 19.8 Å². The van der Waals surface area contributed by atoms with Crippen molar-refractivity contribution < 1.29 is 5.11 Å². The van der Waals surface area contributed by atoms with Gasteiger partial charge in [0.1, 0.15) is 5.82 Å². The minimum atomic E-state index is -0.219. The van der Waals surface area contributed by atoms with Crippen LogP contribution in [0.4, 0.5) is 5.82 Å². The van der Waals surface area contributed by atoms with Gasteiger partial charge in [-0.1, -0.05) is 25.1 Å². The number of nitrogens with one attached hydrogen (secondary N) is 1. The number of anilines is 1. The molecular formula is C14H18N2O. The van der Waals surface area contributed by atoms with Crippen LogP contribution in [0, 0.1) is 0 Å². The van der Waals surface area contributed by atoms with Crippen LogP contribution in [-0.2, 0) is 0 Å². The Morgan fingerprint density at radius 3 is 2.88 bits per heavy atom. The highest BCUT2D eigenvalue weighted by molar-refractivity contribution is 5.79. The lowest BCUT2D eigenvalue weighted by Crippen LogP contribution is -2.12. The van der Waals surface area contributed by atoms with E-state index in [9.17, 15) is 5.11 Å². The molecule has 0 bridgehead atoms. The number of nitrogens with zero attached hydrogens (tertiary/aromatic N) is 1. The van der Waals surface area contributed by atoms with Crippen LogP contribution >= 0.6 is 0 Å². The number of rotatable bonds is 5. The molecule has 2 aromatic rings. The van der Waals surface area contributed by atoms with Gasteiger partial charge in [-0.2, -0.15) is 0 Å². The van der Waals surface area contributed by atoms with E-state index in [2.05, 4.69) is 16.4 Å². The quantitative estimate of drug-likeness (QED) is 0.830.